The summed E-state index contributed by atoms with van der Waals surface area (Å²) >= 11 is 1.87. The van der Waals surface area contributed by atoms with Crippen LogP contribution in [0.5, 0.6) is 0 Å². The normalized spacial score (nSPS) is 28.6. The number of aliphatic hydroxyl groups is 3. The maximum absolute atomic E-state index is 12.3. The molecule has 0 aromatic carbocycles. The first-order valence-corrected chi connectivity index (χ1v) is 9.33. The Labute approximate surface area is 162 Å². The molecule has 1 aliphatic heterocycles. The molecule has 0 bridgehead atoms. The molecule has 0 radical (unpaired) electrons. The van der Waals surface area contributed by atoms with Crippen LogP contribution in [0, 0.1) is 9.49 Å². The second-order valence-corrected chi connectivity index (χ2v) is 7.54. The molecule has 2 heterocycles. The number of amides is 1. The van der Waals surface area contributed by atoms with Crippen molar-refractivity contribution in [2.75, 3.05) is 18.5 Å². The molecule has 0 spiro atoms. The zero-order valence-corrected chi connectivity index (χ0v) is 15.9. The van der Waals surface area contributed by atoms with E-state index in [1.165, 1.54) is 6.20 Å². The number of nitrogens with zero attached hydrogens (tertiary/aromatic N) is 2. The van der Waals surface area contributed by atoms with Gasteiger partial charge in [0, 0.05) is 6.20 Å². The third kappa shape index (κ3) is 4.01. The topological polar surface area (TPSA) is 143 Å². The minimum absolute atomic E-state index is 0.0391. The Morgan fingerprint density at radius 2 is 2.15 bits per heavy atom. The van der Waals surface area contributed by atoms with Gasteiger partial charge < -0.3 is 24.8 Å². The Morgan fingerprint density at radius 1 is 1.42 bits per heavy atom. The summed E-state index contributed by atoms with van der Waals surface area (Å²) in [4.78, 5) is 27.9. The lowest BCUT2D eigenvalue weighted by Crippen LogP contribution is -2.36. The van der Waals surface area contributed by atoms with Crippen molar-refractivity contribution in [1.29, 1.82) is 0 Å². The summed E-state index contributed by atoms with van der Waals surface area (Å²) in [6, 6.07) is 0. The Bertz CT molecular complexity index is 724. The molecular formula is C15H20IN3O7. The summed E-state index contributed by atoms with van der Waals surface area (Å²) in [6.07, 6.45) is -1.01. The van der Waals surface area contributed by atoms with E-state index >= 15 is 0 Å². The van der Waals surface area contributed by atoms with E-state index < -0.39 is 42.9 Å². The van der Waals surface area contributed by atoms with Gasteiger partial charge in [0.15, 0.2) is 12.0 Å². The number of hydrogen-bond donors (Lipinski definition) is 4. The predicted molar refractivity (Wildman–Crippen MR) is 96.5 cm³/mol. The molecular weight excluding hydrogens is 461 g/mol. The van der Waals surface area contributed by atoms with Crippen molar-refractivity contribution in [3.63, 3.8) is 0 Å². The Morgan fingerprint density at radius 3 is 2.73 bits per heavy atom. The molecule has 1 saturated carbocycles. The molecule has 4 atom stereocenters. The van der Waals surface area contributed by atoms with E-state index in [1.807, 2.05) is 22.6 Å². The fourth-order valence-corrected chi connectivity index (χ4v) is 3.37. The fraction of sp³-hybridized carbons (Fsp3) is 0.667. The molecule has 11 heteroatoms. The largest absolute Gasteiger partial charge is 0.449 e. The predicted octanol–water partition coefficient (Wildman–Crippen LogP) is -0.192. The summed E-state index contributed by atoms with van der Waals surface area (Å²) in [5.41, 5.74) is -0.783. The van der Waals surface area contributed by atoms with Gasteiger partial charge >= 0.3 is 11.8 Å². The zero-order chi connectivity index (χ0) is 18.8. The summed E-state index contributed by atoms with van der Waals surface area (Å²) in [7, 11) is 0. The standard InChI is InChI=1S/C15H20IN3O7/c16-8-4-19(13-11(22)10(21)9(5-20)26-13)14(23)17-12(8)18-15(24)25-6-7-2-1-3-7/h4,7,9-11,13,20-22H,1-3,5-6H2,(H,17,18,23,24)/t9-,10-,11-,13?/m1/s1. The summed E-state index contributed by atoms with van der Waals surface area (Å²) < 4.78 is 11.9. The second kappa shape index (κ2) is 8.17. The van der Waals surface area contributed by atoms with Gasteiger partial charge in [-0.1, -0.05) is 6.42 Å². The van der Waals surface area contributed by atoms with Crippen LogP contribution >= 0.6 is 22.6 Å². The van der Waals surface area contributed by atoms with Crippen molar-refractivity contribution < 1.29 is 29.6 Å². The van der Waals surface area contributed by atoms with Crippen LogP contribution in [0.3, 0.4) is 0 Å². The van der Waals surface area contributed by atoms with E-state index in [4.69, 9.17) is 14.6 Å². The van der Waals surface area contributed by atoms with E-state index in [2.05, 4.69) is 10.3 Å². The molecule has 2 aliphatic rings. The van der Waals surface area contributed by atoms with Crippen LogP contribution in [0.2, 0.25) is 0 Å². The Balaban J connectivity index is 1.70. The Hall–Kier alpha value is -1.28. The number of anilines is 1. The number of hydrogen-bond acceptors (Lipinski definition) is 8. The lowest BCUT2D eigenvalue weighted by Gasteiger charge is -2.24. The van der Waals surface area contributed by atoms with E-state index in [0.717, 1.165) is 23.8 Å². The molecule has 1 saturated heterocycles. The number of rotatable bonds is 5. The first-order valence-electron chi connectivity index (χ1n) is 8.25. The highest BCUT2D eigenvalue weighted by Gasteiger charge is 2.44. The smallest absolute Gasteiger partial charge is 0.412 e. The highest BCUT2D eigenvalue weighted by molar-refractivity contribution is 14.1. The number of halogens is 1. The summed E-state index contributed by atoms with van der Waals surface area (Å²) in [5, 5.41) is 31.4. The molecule has 1 unspecified atom stereocenters. The molecule has 1 amide bonds. The highest BCUT2D eigenvalue weighted by atomic mass is 127. The van der Waals surface area contributed by atoms with Crippen LogP contribution in [0.25, 0.3) is 0 Å². The maximum atomic E-state index is 12.3. The van der Waals surface area contributed by atoms with Crippen molar-refractivity contribution in [1.82, 2.24) is 9.55 Å². The van der Waals surface area contributed by atoms with Gasteiger partial charge in [0.2, 0.25) is 0 Å². The van der Waals surface area contributed by atoms with Gasteiger partial charge in [-0.05, 0) is 41.4 Å². The van der Waals surface area contributed by atoms with Gasteiger partial charge in [0.25, 0.3) is 0 Å². The van der Waals surface area contributed by atoms with Gasteiger partial charge in [-0.25, -0.2) is 9.59 Å². The van der Waals surface area contributed by atoms with Gasteiger partial charge in [-0.15, -0.1) is 0 Å². The molecule has 26 heavy (non-hydrogen) atoms. The van der Waals surface area contributed by atoms with E-state index in [0.29, 0.717) is 16.1 Å². The van der Waals surface area contributed by atoms with Crippen LogP contribution in [0.1, 0.15) is 25.5 Å². The quantitative estimate of drug-likeness (QED) is 0.424. The number of aliphatic hydroxyl groups excluding tert-OH is 3. The lowest BCUT2D eigenvalue weighted by molar-refractivity contribution is -0.0550. The van der Waals surface area contributed by atoms with Gasteiger partial charge in [0.1, 0.15) is 18.3 Å². The maximum Gasteiger partial charge on any atom is 0.412 e. The fourth-order valence-electron chi connectivity index (χ4n) is 2.81. The zero-order valence-electron chi connectivity index (χ0n) is 13.7. The Kier molecular flexibility index (Phi) is 6.12. The molecule has 1 aromatic heterocycles. The van der Waals surface area contributed by atoms with Gasteiger partial charge in [-0.3, -0.25) is 9.88 Å². The summed E-state index contributed by atoms with van der Waals surface area (Å²) in [5.74, 6) is 0.435. The third-order valence-corrected chi connectivity index (χ3v) is 5.38. The molecule has 144 valence electrons. The van der Waals surface area contributed by atoms with Crippen LogP contribution in [0.15, 0.2) is 11.0 Å². The lowest BCUT2D eigenvalue weighted by atomic mass is 9.86. The SMILES string of the molecule is O=C(Nc1nc(=O)n(C2O[C@H](CO)[C@@H](O)[C@H]2O)cc1I)OCC1CCC1. The minimum atomic E-state index is -1.39. The van der Waals surface area contributed by atoms with Crippen molar-refractivity contribution in [2.45, 2.75) is 43.8 Å². The van der Waals surface area contributed by atoms with Crippen molar-refractivity contribution in [3.05, 3.63) is 20.3 Å². The summed E-state index contributed by atoms with van der Waals surface area (Å²) in [6.45, 7) is -0.164. The van der Waals surface area contributed by atoms with Gasteiger partial charge in [-0.2, -0.15) is 4.98 Å². The van der Waals surface area contributed by atoms with E-state index in [9.17, 15) is 19.8 Å². The average Bonchev–Trinajstić information content (AvgIpc) is 2.84. The molecule has 10 nitrogen and oxygen atoms in total. The van der Waals surface area contributed by atoms with E-state index in [1.54, 1.807) is 0 Å². The van der Waals surface area contributed by atoms with E-state index in [-0.39, 0.29) is 5.82 Å². The van der Waals surface area contributed by atoms with Crippen LogP contribution in [-0.2, 0) is 9.47 Å². The van der Waals surface area contributed by atoms with Crippen molar-refractivity contribution >= 4 is 34.5 Å². The second-order valence-electron chi connectivity index (χ2n) is 6.38. The first-order chi connectivity index (χ1) is 12.4. The molecule has 4 N–H and O–H groups in total. The third-order valence-electron chi connectivity index (χ3n) is 4.59. The number of nitrogens with one attached hydrogen (secondary N) is 1. The highest BCUT2D eigenvalue weighted by Crippen LogP contribution is 2.29. The number of ether oxygens (including phenoxy) is 2. The van der Waals surface area contributed by atoms with Crippen molar-refractivity contribution in [2.24, 2.45) is 5.92 Å². The first kappa shape index (κ1) is 19.5. The molecule has 2 fully saturated rings. The minimum Gasteiger partial charge on any atom is -0.449 e. The van der Waals surface area contributed by atoms with Gasteiger partial charge in [0.05, 0.1) is 16.8 Å². The van der Waals surface area contributed by atoms with Crippen LogP contribution in [-0.4, -0.2) is 62.5 Å². The molecule has 1 aliphatic carbocycles. The molecule has 3 rings (SSSR count). The number of carbonyl (C=O) groups is 1. The van der Waals surface area contributed by atoms with Crippen LogP contribution < -0.4 is 11.0 Å². The average molecular weight is 481 g/mol. The monoisotopic (exact) mass is 481 g/mol. The van der Waals surface area contributed by atoms with Crippen LogP contribution in [0.4, 0.5) is 10.6 Å². The molecule has 1 aromatic rings. The van der Waals surface area contributed by atoms with Crippen molar-refractivity contribution in [3.8, 4) is 0 Å². The number of aromatic nitrogens is 2. The number of carbonyl (C=O) groups excluding carboxylic acids is 1.